The second-order valence-electron chi connectivity index (χ2n) is 1.87. The average molecular weight is 156 g/mol. The summed E-state index contributed by atoms with van der Waals surface area (Å²) in [5, 5.41) is 0. The maximum atomic E-state index is 8.33. The first-order chi connectivity index (χ1) is 4.93. The fraction of sp³-hybridized carbons (Fsp3) is 0.143. The molecule has 0 aromatic heterocycles. The molecule has 1 aromatic rings. The van der Waals surface area contributed by atoms with Gasteiger partial charge < -0.3 is 9.42 Å². The Hall–Kier alpha value is -0.430. The third kappa shape index (κ3) is 2.44. The zero-order valence-electron chi connectivity index (χ0n) is 5.45. The summed E-state index contributed by atoms with van der Waals surface area (Å²) in [6, 6.07) is 9.75. The lowest BCUT2D eigenvalue weighted by molar-refractivity contribution is 0.316. The summed E-state index contributed by atoms with van der Waals surface area (Å²) in [4.78, 5) is 8.33. The average Bonchev–Trinajstić information content (AvgIpc) is 2.03. The Balaban J connectivity index is 2.43. The molecule has 0 saturated carbocycles. The lowest BCUT2D eigenvalue weighted by Gasteiger charge is -1.97. The van der Waals surface area contributed by atoms with Crippen molar-refractivity contribution < 1.29 is 9.42 Å². The number of benzene rings is 1. The van der Waals surface area contributed by atoms with E-state index in [9.17, 15) is 0 Å². The molecule has 0 radical (unpaired) electrons. The molecule has 0 aliphatic rings. The maximum Gasteiger partial charge on any atom is 0.152 e. The van der Waals surface area contributed by atoms with Gasteiger partial charge in [0.15, 0.2) is 9.03 Å². The van der Waals surface area contributed by atoms with E-state index in [-0.39, 0.29) is 0 Å². The van der Waals surface area contributed by atoms with E-state index in [4.69, 9.17) is 9.42 Å². The largest absolute Gasteiger partial charge is 0.352 e. The Labute approximate surface area is 61.8 Å². The maximum absolute atomic E-state index is 8.33. The molecule has 0 heterocycles. The second kappa shape index (κ2) is 4.40. The van der Waals surface area contributed by atoms with Crippen LogP contribution in [0, 0.1) is 0 Å². The molecule has 1 unspecified atom stereocenters. The molecule has 3 heteroatoms. The Kier molecular flexibility index (Phi) is 3.37. The van der Waals surface area contributed by atoms with Gasteiger partial charge in [-0.15, -0.1) is 0 Å². The van der Waals surface area contributed by atoms with Crippen LogP contribution in [0.2, 0.25) is 0 Å². The monoisotopic (exact) mass is 156 g/mol. The Morgan fingerprint density at radius 2 is 2.00 bits per heavy atom. The van der Waals surface area contributed by atoms with E-state index in [0.29, 0.717) is 6.61 Å². The molecule has 54 valence electrons. The van der Waals surface area contributed by atoms with Gasteiger partial charge in [-0.3, -0.25) is 0 Å². The van der Waals surface area contributed by atoms with E-state index in [1.807, 2.05) is 30.3 Å². The normalized spacial score (nSPS) is 10.9. The third-order valence-corrected chi connectivity index (χ3v) is 1.42. The molecular formula is C7H9O2P. The van der Waals surface area contributed by atoms with Gasteiger partial charge in [0.1, 0.15) is 0 Å². The van der Waals surface area contributed by atoms with Gasteiger partial charge in [-0.2, -0.15) is 0 Å². The molecule has 0 spiro atoms. The lowest BCUT2D eigenvalue weighted by atomic mass is 10.2. The van der Waals surface area contributed by atoms with E-state index in [2.05, 4.69) is 0 Å². The van der Waals surface area contributed by atoms with Crippen molar-refractivity contribution in [3.63, 3.8) is 0 Å². The minimum absolute atomic E-state index is 0.417. The molecule has 0 amide bonds. The van der Waals surface area contributed by atoms with Crippen molar-refractivity contribution in [1.29, 1.82) is 0 Å². The minimum Gasteiger partial charge on any atom is -0.352 e. The Bertz CT molecular complexity index is 176. The fourth-order valence-electron chi connectivity index (χ4n) is 0.690. The molecule has 0 aliphatic carbocycles. The number of hydrogen-bond acceptors (Lipinski definition) is 2. The van der Waals surface area contributed by atoms with Gasteiger partial charge in [-0.05, 0) is 5.56 Å². The van der Waals surface area contributed by atoms with E-state index in [1.165, 1.54) is 0 Å². The highest BCUT2D eigenvalue weighted by Crippen LogP contribution is 2.09. The summed E-state index contributed by atoms with van der Waals surface area (Å²) in [6.07, 6.45) is 0. The van der Waals surface area contributed by atoms with Crippen LogP contribution in [-0.4, -0.2) is 4.89 Å². The minimum atomic E-state index is -0.417. The predicted octanol–water partition coefficient (Wildman–Crippen LogP) is 1.70. The van der Waals surface area contributed by atoms with Crippen molar-refractivity contribution in [3.05, 3.63) is 35.9 Å². The molecule has 1 aromatic carbocycles. The van der Waals surface area contributed by atoms with Gasteiger partial charge in [0.25, 0.3) is 0 Å². The summed E-state index contributed by atoms with van der Waals surface area (Å²) < 4.78 is 4.80. The van der Waals surface area contributed by atoms with E-state index < -0.39 is 9.03 Å². The summed E-state index contributed by atoms with van der Waals surface area (Å²) >= 11 is 0. The first-order valence-electron chi connectivity index (χ1n) is 2.98. The van der Waals surface area contributed by atoms with Crippen molar-refractivity contribution in [3.8, 4) is 0 Å². The van der Waals surface area contributed by atoms with E-state index in [1.54, 1.807) is 0 Å². The molecule has 10 heavy (non-hydrogen) atoms. The van der Waals surface area contributed by atoms with Gasteiger partial charge in [0.2, 0.25) is 0 Å². The molecule has 0 fully saturated rings. The lowest BCUT2D eigenvalue weighted by Crippen LogP contribution is -1.81. The third-order valence-electron chi connectivity index (χ3n) is 1.15. The molecule has 1 N–H and O–H groups in total. The van der Waals surface area contributed by atoms with Crippen molar-refractivity contribution in [2.24, 2.45) is 0 Å². The van der Waals surface area contributed by atoms with Crippen LogP contribution in [0.1, 0.15) is 5.56 Å². The van der Waals surface area contributed by atoms with Gasteiger partial charge in [0.05, 0.1) is 6.61 Å². The summed E-state index contributed by atoms with van der Waals surface area (Å²) in [5.74, 6) is 0. The number of rotatable bonds is 3. The zero-order chi connectivity index (χ0) is 7.23. The highest BCUT2D eigenvalue weighted by Gasteiger charge is 1.87. The Morgan fingerprint density at radius 1 is 1.30 bits per heavy atom. The van der Waals surface area contributed by atoms with Crippen LogP contribution in [-0.2, 0) is 11.1 Å². The highest BCUT2D eigenvalue weighted by atomic mass is 31.1. The molecule has 0 saturated heterocycles. The van der Waals surface area contributed by atoms with Crippen LogP contribution in [0.25, 0.3) is 0 Å². The van der Waals surface area contributed by atoms with Crippen molar-refractivity contribution in [1.82, 2.24) is 0 Å². The molecule has 2 nitrogen and oxygen atoms in total. The molecule has 0 aliphatic heterocycles. The van der Waals surface area contributed by atoms with Gasteiger partial charge >= 0.3 is 0 Å². The smallest absolute Gasteiger partial charge is 0.152 e. The van der Waals surface area contributed by atoms with Crippen LogP contribution < -0.4 is 0 Å². The summed E-state index contributed by atoms with van der Waals surface area (Å²) in [5.41, 5.74) is 1.09. The van der Waals surface area contributed by atoms with Crippen molar-refractivity contribution in [2.75, 3.05) is 0 Å². The summed E-state index contributed by atoms with van der Waals surface area (Å²) in [7, 11) is -0.417. The fourth-order valence-corrected chi connectivity index (χ4v) is 0.921. The van der Waals surface area contributed by atoms with Crippen LogP contribution in [0.3, 0.4) is 0 Å². The molecule has 1 rings (SSSR count). The second-order valence-corrected chi connectivity index (χ2v) is 2.34. The SMILES string of the molecule is OPOCc1ccccc1. The topological polar surface area (TPSA) is 29.5 Å². The quantitative estimate of drug-likeness (QED) is 0.675. The Morgan fingerprint density at radius 3 is 2.60 bits per heavy atom. The molecule has 0 bridgehead atoms. The van der Waals surface area contributed by atoms with E-state index in [0.717, 1.165) is 5.56 Å². The molecular weight excluding hydrogens is 147 g/mol. The number of hydrogen-bond donors (Lipinski definition) is 1. The standard InChI is InChI=1S/C7H9O2P/c8-10-9-6-7-4-2-1-3-5-7/h1-5,8,10H,6H2. The van der Waals surface area contributed by atoms with Crippen LogP contribution in [0.15, 0.2) is 30.3 Å². The summed E-state index contributed by atoms with van der Waals surface area (Å²) in [6.45, 7) is 0.496. The van der Waals surface area contributed by atoms with Crippen molar-refractivity contribution in [2.45, 2.75) is 6.61 Å². The van der Waals surface area contributed by atoms with Gasteiger partial charge in [-0.1, -0.05) is 30.3 Å². The van der Waals surface area contributed by atoms with E-state index >= 15 is 0 Å². The first-order valence-corrected chi connectivity index (χ1v) is 3.84. The first kappa shape index (κ1) is 7.67. The van der Waals surface area contributed by atoms with Gasteiger partial charge in [-0.25, -0.2) is 0 Å². The highest BCUT2D eigenvalue weighted by molar-refractivity contribution is 7.24. The van der Waals surface area contributed by atoms with Crippen molar-refractivity contribution >= 4 is 9.03 Å². The van der Waals surface area contributed by atoms with Gasteiger partial charge in [0, 0.05) is 0 Å². The van der Waals surface area contributed by atoms with Crippen LogP contribution in [0.4, 0.5) is 0 Å². The van der Waals surface area contributed by atoms with Crippen LogP contribution in [0.5, 0.6) is 0 Å². The predicted molar refractivity (Wildman–Crippen MR) is 41.8 cm³/mol. The zero-order valence-corrected chi connectivity index (χ0v) is 6.45. The van der Waals surface area contributed by atoms with Crippen LogP contribution >= 0.6 is 9.03 Å². The molecule has 1 atom stereocenters.